The molecular formula is C21H20N6O2. The van der Waals surface area contributed by atoms with E-state index in [0.29, 0.717) is 23.2 Å². The summed E-state index contributed by atoms with van der Waals surface area (Å²) in [5.74, 6) is 0.472. The molecule has 0 saturated heterocycles. The van der Waals surface area contributed by atoms with E-state index in [2.05, 4.69) is 20.5 Å². The number of hydrogen-bond donors (Lipinski definition) is 2. The number of pyridine rings is 1. The number of carbonyl (C=O) groups is 1. The van der Waals surface area contributed by atoms with Crippen LogP contribution in [0.15, 0.2) is 59.5 Å². The second-order valence-corrected chi connectivity index (χ2v) is 7.13. The monoisotopic (exact) mass is 388 g/mol. The number of aromatic nitrogens is 5. The summed E-state index contributed by atoms with van der Waals surface area (Å²) in [5.41, 5.74) is 2.79. The van der Waals surface area contributed by atoms with Gasteiger partial charge in [-0.05, 0) is 37.1 Å². The molecule has 4 aromatic heterocycles. The van der Waals surface area contributed by atoms with E-state index in [9.17, 15) is 4.79 Å². The molecule has 1 aliphatic carbocycles. The molecule has 0 aromatic carbocycles. The predicted octanol–water partition coefficient (Wildman–Crippen LogP) is 4.30. The second kappa shape index (κ2) is 7.38. The van der Waals surface area contributed by atoms with Crippen LogP contribution in [0.3, 0.4) is 0 Å². The Hall–Kier alpha value is -3.68. The van der Waals surface area contributed by atoms with Crippen LogP contribution in [0, 0.1) is 0 Å². The number of aromatic amines is 1. The number of carbonyl (C=O) groups excluding carboxylic acids is 1. The van der Waals surface area contributed by atoms with Crippen LogP contribution in [-0.4, -0.2) is 30.9 Å². The second-order valence-electron chi connectivity index (χ2n) is 7.13. The number of furan rings is 1. The Morgan fingerprint density at radius 1 is 1.21 bits per heavy atom. The Morgan fingerprint density at radius 3 is 2.86 bits per heavy atom. The molecule has 8 heteroatoms. The van der Waals surface area contributed by atoms with Crippen molar-refractivity contribution in [2.75, 3.05) is 5.32 Å². The van der Waals surface area contributed by atoms with Crippen molar-refractivity contribution in [3.8, 4) is 22.7 Å². The standard InChI is InChI=1S/C21H20N6O2/c28-21(19-9-8-18(29-19)14-11-23-24-12-14)25-17-13-27(15-5-1-2-6-15)26-20(17)16-7-3-4-10-22-16/h3-4,7-13,15H,1-2,5-6H2,(H,23,24)(H,25,28). The normalized spacial score (nSPS) is 14.3. The van der Waals surface area contributed by atoms with Crippen molar-refractivity contribution in [2.45, 2.75) is 31.7 Å². The van der Waals surface area contributed by atoms with Crippen molar-refractivity contribution >= 4 is 11.6 Å². The molecule has 4 heterocycles. The number of hydrogen-bond acceptors (Lipinski definition) is 5. The summed E-state index contributed by atoms with van der Waals surface area (Å²) in [7, 11) is 0. The average Bonchev–Trinajstić information content (AvgIpc) is 3.55. The number of nitrogens with one attached hydrogen (secondary N) is 2. The molecular weight excluding hydrogens is 368 g/mol. The molecule has 1 fully saturated rings. The third-order valence-electron chi connectivity index (χ3n) is 5.20. The molecule has 0 bridgehead atoms. The Bertz CT molecular complexity index is 1110. The van der Waals surface area contributed by atoms with Crippen LogP contribution >= 0.6 is 0 Å². The van der Waals surface area contributed by atoms with E-state index in [4.69, 9.17) is 9.52 Å². The maximum Gasteiger partial charge on any atom is 0.291 e. The molecule has 8 nitrogen and oxygen atoms in total. The van der Waals surface area contributed by atoms with Crippen molar-refractivity contribution in [3.63, 3.8) is 0 Å². The first-order valence-electron chi connectivity index (χ1n) is 9.69. The van der Waals surface area contributed by atoms with Gasteiger partial charge in [-0.2, -0.15) is 10.2 Å². The summed E-state index contributed by atoms with van der Waals surface area (Å²) in [6.45, 7) is 0. The van der Waals surface area contributed by atoms with Gasteiger partial charge >= 0.3 is 0 Å². The van der Waals surface area contributed by atoms with Crippen LogP contribution < -0.4 is 5.32 Å². The summed E-state index contributed by atoms with van der Waals surface area (Å²) in [6.07, 6.45) is 11.6. The van der Waals surface area contributed by atoms with Crippen LogP contribution in [0.1, 0.15) is 42.3 Å². The molecule has 2 N–H and O–H groups in total. The minimum atomic E-state index is -0.331. The summed E-state index contributed by atoms with van der Waals surface area (Å²) in [4.78, 5) is 17.2. The number of rotatable bonds is 5. The van der Waals surface area contributed by atoms with Crippen molar-refractivity contribution in [1.82, 2.24) is 25.0 Å². The van der Waals surface area contributed by atoms with Crippen molar-refractivity contribution in [2.24, 2.45) is 0 Å². The fourth-order valence-corrected chi connectivity index (χ4v) is 3.72. The van der Waals surface area contributed by atoms with Gasteiger partial charge in [-0.15, -0.1) is 0 Å². The Labute approximate surface area is 167 Å². The van der Waals surface area contributed by atoms with Crippen LogP contribution in [0.5, 0.6) is 0 Å². The first-order chi connectivity index (χ1) is 14.3. The molecule has 5 rings (SSSR count). The van der Waals surface area contributed by atoms with Gasteiger partial charge in [0.05, 0.1) is 29.2 Å². The van der Waals surface area contributed by atoms with Gasteiger partial charge in [0.15, 0.2) is 5.76 Å². The van der Waals surface area contributed by atoms with E-state index >= 15 is 0 Å². The van der Waals surface area contributed by atoms with E-state index in [1.807, 2.05) is 29.1 Å². The fraction of sp³-hybridized carbons (Fsp3) is 0.238. The SMILES string of the molecule is O=C(Nc1cn(C2CCCC2)nc1-c1ccccn1)c1ccc(-c2cn[nH]c2)o1. The lowest BCUT2D eigenvalue weighted by atomic mass is 10.2. The minimum Gasteiger partial charge on any atom is -0.451 e. The molecule has 1 amide bonds. The number of H-pyrrole nitrogens is 1. The Morgan fingerprint density at radius 2 is 2.10 bits per heavy atom. The summed E-state index contributed by atoms with van der Waals surface area (Å²) in [6, 6.07) is 9.42. The van der Waals surface area contributed by atoms with E-state index < -0.39 is 0 Å². The van der Waals surface area contributed by atoms with Crippen molar-refractivity contribution in [3.05, 3.63) is 60.9 Å². The average molecular weight is 388 g/mol. The van der Waals surface area contributed by atoms with Crippen molar-refractivity contribution < 1.29 is 9.21 Å². The zero-order valence-corrected chi connectivity index (χ0v) is 15.7. The van der Waals surface area contributed by atoms with E-state index in [1.165, 1.54) is 12.8 Å². The fourth-order valence-electron chi connectivity index (χ4n) is 3.72. The van der Waals surface area contributed by atoms with Gasteiger partial charge < -0.3 is 9.73 Å². The maximum absolute atomic E-state index is 12.8. The van der Waals surface area contributed by atoms with Crippen molar-refractivity contribution in [1.29, 1.82) is 0 Å². The lowest BCUT2D eigenvalue weighted by Crippen LogP contribution is -2.11. The smallest absolute Gasteiger partial charge is 0.291 e. The van der Waals surface area contributed by atoms with E-state index in [-0.39, 0.29) is 11.7 Å². The lowest BCUT2D eigenvalue weighted by Gasteiger charge is -2.08. The summed E-state index contributed by atoms with van der Waals surface area (Å²) in [5, 5.41) is 14.3. The van der Waals surface area contributed by atoms with Gasteiger partial charge in [-0.1, -0.05) is 18.9 Å². The molecule has 29 heavy (non-hydrogen) atoms. The van der Waals surface area contributed by atoms with Gasteiger partial charge in [0.2, 0.25) is 0 Å². The summed E-state index contributed by atoms with van der Waals surface area (Å²) < 4.78 is 7.66. The molecule has 4 aromatic rings. The lowest BCUT2D eigenvalue weighted by molar-refractivity contribution is 0.0997. The largest absolute Gasteiger partial charge is 0.451 e. The minimum absolute atomic E-state index is 0.224. The predicted molar refractivity (Wildman–Crippen MR) is 107 cm³/mol. The zero-order chi connectivity index (χ0) is 19.6. The highest BCUT2D eigenvalue weighted by atomic mass is 16.3. The Kier molecular flexibility index (Phi) is 4.44. The van der Waals surface area contributed by atoms with Crippen LogP contribution in [-0.2, 0) is 0 Å². The molecule has 146 valence electrons. The maximum atomic E-state index is 12.8. The third-order valence-corrected chi connectivity index (χ3v) is 5.20. The van der Waals surface area contributed by atoms with Gasteiger partial charge in [0.1, 0.15) is 11.5 Å². The van der Waals surface area contributed by atoms with Gasteiger partial charge in [-0.25, -0.2) is 0 Å². The molecule has 0 unspecified atom stereocenters. The van der Waals surface area contributed by atoms with Gasteiger partial charge in [-0.3, -0.25) is 19.6 Å². The highest BCUT2D eigenvalue weighted by Crippen LogP contribution is 2.33. The van der Waals surface area contributed by atoms with Crippen LogP contribution in [0.25, 0.3) is 22.7 Å². The van der Waals surface area contributed by atoms with E-state index in [1.54, 1.807) is 30.7 Å². The quantitative estimate of drug-likeness (QED) is 0.531. The molecule has 1 saturated carbocycles. The number of nitrogens with zero attached hydrogens (tertiary/aromatic N) is 4. The topological polar surface area (TPSA) is 102 Å². The number of anilines is 1. The molecule has 0 radical (unpaired) electrons. The molecule has 1 aliphatic rings. The summed E-state index contributed by atoms with van der Waals surface area (Å²) >= 11 is 0. The first-order valence-corrected chi connectivity index (χ1v) is 9.69. The third kappa shape index (κ3) is 3.44. The van der Waals surface area contributed by atoms with Gasteiger partial charge in [0.25, 0.3) is 5.91 Å². The van der Waals surface area contributed by atoms with Crippen LogP contribution in [0.2, 0.25) is 0 Å². The Balaban J connectivity index is 1.44. The van der Waals surface area contributed by atoms with Gasteiger partial charge in [0, 0.05) is 18.6 Å². The number of amides is 1. The highest BCUT2D eigenvalue weighted by Gasteiger charge is 2.23. The molecule has 0 aliphatic heterocycles. The van der Waals surface area contributed by atoms with E-state index in [0.717, 1.165) is 24.1 Å². The zero-order valence-electron chi connectivity index (χ0n) is 15.7. The van der Waals surface area contributed by atoms with Crippen LogP contribution in [0.4, 0.5) is 5.69 Å². The molecule has 0 atom stereocenters. The highest BCUT2D eigenvalue weighted by molar-refractivity contribution is 6.04. The first kappa shape index (κ1) is 17.4. The molecule has 0 spiro atoms.